The van der Waals surface area contributed by atoms with Gasteiger partial charge >= 0.3 is 18.0 Å². The predicted molar refractivity (Wildman–Crippen MR) is 133 cm³/mol. The molecule has 0 bridgehead atoms. The maximum atomic E-state index is 13.1. The Morgan fingerprint density at radius 2 is 1.81 bits per heavy atom. The number of carbonyl (C=O) groups is 2. The van der Waals surface area contributed by atoms with E-state index in [0.29, 0.717) is 34.9 Å². The molecule has 4 N–H and O–H groups in total. The Balaban J connectivity index is 1.35. The summed E-state index contributed by atoms with van der Waals surface area (Å²) in [6.07, 6.45) is 1.29. The van der Waals surface area contributed by atoms with Crippen LogP contribution in [-0.2, 0) is 21.3 Å². The topological polar surface area (TPSA) is 110 Å². The number of amides is 2. The average molecular weight is 506 g/mol. The smallest absolute Gasteiger partial charge is 0.398 e. The number of pyridine rings is 2. The molecular formula is C27H22F3N5O2. The van der Waals surface area contributed by atoms with Crippen molar-refractivity contribution in [3.63, 3.8) is 0 Å². The molecule has 0 aliphatic heterocycles. The molecule has 10 heteroatoms. The quantitative estimate of drug-likeness (QED) is 0.269. The minimum Gasteiger partial charge on any atom is -0.398 e. The second-order valence-electron chi connectivity index (χ2n) is 9.12. The summed E-state index contributed by atoms with van der Waals surface area (Å²) >= 11 is 0. The molecule has 188 valence electrons. The Hall–Kier alpha value is -4.47. The summed E-state index contributed by atoms with van der Waals surface area (Å²) in [4.78, 5) is 33.6. The van der Waals surface area contributed by atoms with Crippen molar-refractivity contribution < 1.29 is 22.8 Å². The fraction of sp³-hybridized carbons (Fsp3) is 0.185. The van der Waals surface area contributed by atoms with E-state index in [2.05, 4.69) is 20.6 Å². The van der Waals surface area contributed by atoms with Crippen molar-refractivity contribution in [2.45, 2.75) is 31.5 Å². The van der Waals surface area contributed by atoms with Gasteiger partial charge in [-0.1, -0.05) is 12.1 Å². The van der Waals surface area contributed by atoms with Crippen LogP contribution < -0.4 is 16.4 Å². The molecule has 2 amide bonds. The monoisotopic (exact) mass is 505 g/mol. The van der Waals surface area contributed by atoms with E-state index < -0.39 is 29.1 Å². The van der Waals surface area contributed by atoms with Crippen LogP contribution in [0.1, 0.15) is 29.5 Å². The van der Waals surface area contributed by atoms with Crippen molar-refractivity contribution in [3.05, 3.63) is 83.8 Å². The van der Waals surface area contributed by atoms with Crippen LogP contribution in [0.25, 0.3) is 21.9 Å². The first-order valence-electron chi connectivity index (χ1n) is 11.5. The second kappa shape index (κ2) is 8.88. The van der Waals surface area contributed by atoms with Crippen LogP contribution in [0.15, 0.2) is 67.1 Å². The predicted octanol–water partition coefficient (Wildman–Crippen LogP) is 4.95. The highest BCUT2D eigenvalue weighted by molar-refractivity contribution is 6.39. The Labute approximate surface area is 209 Å². The van der Waals surface area contributed by atoms with Crippen LogP contribution in [-0.4, -0.2) is 21.8 Å². The molecule has 7 nitrogen and oxygen atoms in total. The third-order valence-electron chi connectivity index (χ3n) is 6.51. The molecule has 1 fully saturated rings. The number of fused-ring (bicyclic) bond motifs is 1. The summed E-state index contributed by atoms with van der Waals surface area (Å²) in [6, 6.07) is 12.0. The summed E-state index contributed by atoms with van der Waals surface area (Å²) in [5.74, 6) is -1.80. The lowest BCUT2D eigenvalue weighted by Crippen LogP contribution is -2.42. The summed E-state index contributed by atoms with van der Waals surface area (Å²) in [6.45, 7) is 1.96. The lowest BCUT2D eigenvalue weighted by molar-refractivity contribution is -0.137. The molecule has 5 rings (SSSR count). The lowest BCUT2D eigenvalue weighted by Gasteiger charge is -2.19. The van der Waals surface area contributed by atoms with E-state index in [-0.39, 0.29) is 5.82 Å². The molecular weight excluding hydrogens is 483 g/mol. The Bertz CT molecular complexity index is 1550. The number of alkyl halides is 3. The minimum atomic E-state index is -4.51. The average Bonchev–Trinajstić information content (AvgIpc) is 3.64. The van der Waals surface area contributed by atoms with Gasteiger partial charge in [-0.15, -0.1) is 0 Å². The molecule has 37 heavy (non-hydrogen) atoms. The van der Waals surface area contributed by atoms with E-state index in [4.69, 9.17) is 5.73 Å². The molecule has 0 unspecified atom stereocenters. The first kappa shape index (κ1) is 24.2. The van der Waals surface area contributed by atoms with Crippen LogP contribution in [0.2, 0.25) is 0 Å². The third-order valence-corrected chi connectivity index (χ3v) is 6.51. The Morgan fingerprint density at radius 1 is 1.03 bits per heavy atom. The van der Waals surface area contributed by atoms with E-state index in [1.165, 1.54) is 18.3 Å². The number of nitrogens with two attached hydrogens (primary N) is 1. The number of rotatable bonds is 4. The van der Waals surface area contributed by atoms with Gasteiger partial charge in [-0.3, -0.25) is 14.6 Å². The number of carbonyl (C=O) groups excluding carboxylic acids is 2. The molecule has 4 aromatic rings. The van der Waals surface area contributed by atoms with Crippen molar-refractivity contribution in [3.8, 4) is 11.1 Å². The van der Waals surface area contributed by atoms with Gasteiger partial charge in [0.2, 0.25) is 0 Å². The Kier molecular flexibility index (Phi) is 5.82. The summed E-state index contributed by atoms with van der Waals surface area (Å²) in [7, 11) is 0. The van der Waals surface area contributed by atoms with Crippen LogP contribution in [0.5, 0.6) is 0 Å². The first-order chi connectivity index (χ1) is 17.6. The summed E-state index contributed by atoms with van der Waals surface area (Å²) in [5.41, 5.74) is 7.98. The van der Waals surface area contributed by atoms with Crippen LogP contribution >= 0.6 is 0 Å². The molecule has 1 aliphatic carbocycles. The van der Waals surface area contributed by atoms with Crippen LogP contribution in [0, 0.1) is 6.92 Å². The highest BCUT2D eigenvalue weighted by atomic mass is 19.4. The van der Waals surface area contributed by atoms with E-state index in [1.54, 1.807) is 18.5 Å². The number of benzene rings is 2. The molecule has 1 aliphatic rings. The third kappa shape index (κ3) is 4.82. The molecule has 1 saturated carbocycles. The molecule has 0 spiro atoms. The molecule has 2 aromatic heterocycles. The zero-order valence-electron chi connectivity index (χ0n) is 19.7. The number of anilines is 2. The van der Waals surface area contributed by atoms with Gasteiger partial charge in [-0.05, 0) is 78.2 Å². The number of nitrogen functional groups attached to an aromatic ring is 1. The van der Waals surface area contributed by atoms with Crippen molar-refractivity contribution in [1.29, 1.82) is 0 Å². The number of aromatic nitrogens is 2. The molecule has 0 atom stereocenters. The van der Waals surface area contributed by atoms with E-state index in [1.807, 2.05) is 25.1 Å². The number of nitrogens with one attached hydrogen (secondary N) is 2. The van der Waals surface area contributed by atoms with Crippen LogP contribution in [0.4, 0.5) is 24.7 Å². The van der Waals surface area contributed by atoms with E-state index in [9.17, 15) is 22.8 Å². The fourth-order valence-corrected chi connectivity index (χ4v) is 4.33. The number of halogens is 3. The van der Waals surface area contributed by atoms with Gasteiger partial charge in [0.05, 0.1) is 11.1 Å². The summed E-state index contributed by atoms with van der Waals surface area (Å²) in [5, 5.41) is 6.43. The fourth-order valence-electron chi connectivity index (χ4n) is 4.33. The van der Waals surface area contributed by atoms with Gasteiger partial charge in [-0.2, -0.15) is 13.2 Å². The van der Waals surface area contributed by atoms with Gasteiger partial charge in [0.15, 0.2) is 0 Å². The van der Waals surface area contributed by atoms with Crippen molar-refractivity contribution in [2.75, 3.05) is 11.1 Å². The van der Waals surface area contributed by atoms with Crippen molar-refractivity contribution >= 4 is 34.1 Å². The largest absolute Gasteiger partial charge is 0.416 e. The van der Waals surface area contributed by atoms with Crippen molar-refractivity contribution in [1.82, 2.24) is 15.3 Å². The number of nitrogens with zero attached hydrogens (tertiary/aromatic N) is 2. The number of hydrogen-bond donors (Lipinski definition) is 3. The van der Waals surface area contributed by atoms with Gasteiger partial charge in [0.1, 0.15) is 5.82 Å². The highest BCUT2D eigenvalue weighted by Gasteiger charge is 2.47. The van der Waals surface area contributed by atoms with E-state index >= 15 is 0 Å². The second-order valence-corrected chi connectivity index (χ2v) is 9.12. The zero-order valence-corrected chi connectivity index (χ0v) is 19.7. The number of aryl methyl sites for hydroxylation is 1. The Morgan fingerprint density at radius 3 is 2.51 bits per heavy atom. The maximum Gasteiger partial charge on any atom is 0.416 e. The van der Waals surface area contributed by atoms with Gasteiger partial charge in [-0.25, -0.2) is 4.98 Å². The SMILES string of the molecule is Cc1ccncc1-c1cc(N)c2cnc(NC(=O)C(=O)NC3(c4cccc(C(F)(F)F)c4)CC3)cc2c1. The first-order valence-corrected chi connectivity index (χ1v) is 11.5. The molecule has 0 saturated heterocycles. The highest BCUT2D eigenvalue weighted by Crippen LogP contribution is 2.46. The van der Waals surface area contributed by atoms with Crippen molar-refractivity contribution in [2.24, 2.45) is 0 Å². The molecule has 2 heterocycles. The molecule has 0 radical (unpaired) electrons. The zero-order chi connectivity index (χ0) is 26.4. The minimum absolute atomic E-state index is 0.135. The number of hydrogen-bond acceptors (Lipinski definition) is 5. The van der Waals surface area contributed by atoms with Crippen LogP contribution in [0.3, 0.4) is 0 Å². The van der Waals surface area contributed by atoms with Gasteiger partial charge in [0, 0.05) is 35.2 Å². The lowest BCUT2D eigenvalue weighted by atomic mass is 9.99. The summed E-state index contributed by atoms with van der Waals surface area (Å²) < 4.78 is 39.4. The van der Waals surface area contributed by atoms with Gasteiger partial charge < -0.3 is 16.4 Å². The normalized spacial score (nSPS) is 14.3. The van der Waals surface area contributed by atoms with Gasteiger partial charge in [0.25, 0.3) is 0 Å². The standard InChI is InChI=1S/C27H22F3N5O2/c1-15-5-8-32-13-20(15)16-9-17-11-23(33-14-21(17)22(31)10-16)34-24(36)25(37)35-26(6-7-26)18-3-2-4-19(12-18)27(28,29)30/h2-5,8-14H,6-7,31H2,1H3,(H,35,37)(H,33,34,36). The van der Waals surface area contributed by atoms with E-state index in [0.717, 1.165) is 28.8 Å². The maximum absolute atomic E-state index is 13.1. The molecule has 2 aromatic carbocycles.